The molecule has 0 atom stereocenters. The average molecular weight is 574 g/mol. The van der Waals surface area contributed by atoms with E-state index >= 15 is 0 Å². The highest BCUT2D eigenvalue weighted by atomic mass is 32.2. The number of nitro benzene ring substituents is 1. The van der Waals surface area contributed by atoms with E-state index in [1.165, 1.54) is 10.4 Å². The molecular formula is C23H23N7O9S. The van der Waals surface area contributed by atoms with Crippen molar-refractivity contribution < 1.29 is 27.9 Å². The van der Waals surface area contributed by atoms with Crippen LogP contribution >= 0.6 is 0 Å². The van der Waals surface area contributed by atoms with E-state index in [2.05, 4.69) is 15.4 Å². The smallest absolute Gasteiger partial charge is 0.328 e. The molecule has 40 heavy (non-hydrogen) atoms. The average Bonchev–Trinajstić information content (AvgIpc) is 3.38. The monoisotopic (exact) mass is 573 g/mol. The van der Waals surface area contributed by atoms with Gasteiger partial charge in [-0.1, -0.05) is 6.07 Å². The molecule has 1 aromatic heterocycles. The Kier molecular flexibility index (Phi) is 7.24. The number of piperazine rings is 1. The van der Waals surface area contributed by atoms with Gasteiger partial charge < -0.3 is 14.6 Å². The van der Waals surface area contributed by atoms with Gasteiger partial charge in [0.2, 0.25) is 22.7 Å². The van der Waals surface area contributed by atoms with Crippen LogP contribution < -0.4 is 26.1 Å². The minimum atomic E-state index is -4.21. The number of rotatable bonds is 8. The fraction of sp³-hybridized carbons (Fsp3) is 0.261. The number of non-ortho nitro benzene ring substituents is 1. The second kappa shape index (κ2) is 10.8. The topological polar surface area (TPSA) is 213 Å². The Morgan fingerprint density at radius 2 is 1.82 bits per heavy atom. The van der Waals surface area contributed by atoms with E-state index in [0.717, 1.165) is 23.9 Å². The van der Waals surface area contributed by atoms with E-state index in [4.69, 9.17) is 9.47 Å². The van der Waals surface area contributed by atoms with Crippen molar-refractivity contribution in [3.63, 3.8) is 0 Å². The summed E-state index contributed by atoms with van der Waals surface area (Å²) in [6.07, 6.45) is 0.872. The zero-order valence-electron chi connectivity index (χ0n) is 20.7. The van der Waals surface area contributed by atoms with Crippen LogP contribution in [0.25, 0.3) is 0 Å². The molecule has 210 valence electrons. The molecule has 0 saturated carbocycles. The molecule has 1 fully saturated rings. The van der Waals surface area contributed by atoms with E-state index in [-0.39, 0.29) is 30.5 Å². The van der Waals surface area contributed by atoms with Crippen LogP contribution in [0.1, 0.15) is 11.1 Å². The third-order valence-electron chi connectivity index (χ3n) is 6.31. The number of hydrogen-bond acceptors (Lipinski definition) is 12. The van der Waals surface area contributed by atoms with Gasteiger partial charge >= 0.3 is 5.69 Å². The number of aromatic hydroxyl groups is 1. The van der Waals surface area contributed by atoms with Gasteiger partial charge in [0.15, 0.2) is 11.5 Å². The number of sulfonamides is 1. The van der Waals surface area contributed by atoms with Crippen molar-refractivity contribution in [1.29, 1.82) is 0 Å². The Morgan fingerprint density at radius 1 is 1.07 bits per heavy atom. The second-order valence-electron chi connectivity index (χ2n) is 8.85. The highest BCUT2D eigenvalue weighted by molar-refractivity contribution is 7.89. The van der Waals surface area contributed by atoms with E-state index in [1.54, 1.807) is 0 Å². The summed E-state index contributed by atoms with van der Waals surface area (Å²) in [5.41, 5.74) is 0.662. The number of aromatic nitrogens is 2. The van der Waals surface area contributed by atoms with Crippen LogP contribution in [0.5, 0.6) is 17.4 Å². The number of H-pyrrole nitrogens is 2. The summed E-state index contributed by atoms with van der Waals surface area (Å²) in [5, 5.41) is 25.0. The largest absolute Gasteiger partial charge is 0.494 e. The molecule has 16 nitrogen and oxygen atoms in total. The zero-order valence-corrected chi connectivity index (χ0v) is 21.5. The highest BCUT2D eigenvalue weighted by Crippen LogP contribution is 2.33. The van der Waals surface area contributed by atoms with Gasteiger partial charge in [-0.3, -0.25) is 35.2 Å². The van der Waals surface area contributed by atoms with E-state index in [1.807, 2.05) is 28.2 Å². The van der Waals surface area contributed by atoms with Crippen molar-refractivity contribution in [1.82, 2.24) is 19.2 Å². The van der Waals surface area contributed by atoms with Crippen molar-refractivity contribution >= 4 is 27.6 Å². The van der Waals surface area contributed by atoms with E-state index < -0.39 is 43.3 Å². The predicted molar refractivity (Wildman–Crippen MR) is 140 cm³/mol. The summed E-state index contributed by atoms with van der Waals surface area (Å²) in [7, 11) is -4.21. The molecule has 2 aliphatic rings. The molecule has 2 aromatic carbocycles. The van der Waals surface area contributed by atoms with Gasteiger partial charge in [0.05, 0.1) is 16.8 Å². The first-order valence-electron chi connectivity index (χ1n) is 11.9. The Bertz CT molecular complexity index is 1710. The third-order valence-corrected chi connectivity index (χ3v) is 8.24. The molecule has 0 bridgehead atoms. The summed E-state index contributed by atoms with van der Waals surface area (Å²) in [4.78, 5) is 39.4. The fourth-order valence-electron chi connectivity index (χ4n) is 4.27. The molecule has 2 aliphatic heterocycles. The van der Waals surface area contributed by atoms with Crippen LogP contribution in [0, 0.1) is 10.1 Å². The van der Waals surface area contributed by atoms with Crippen molar-refractivity contribution in [3.8, 4) is 17.4 Å². The molecule has 0 amide bonds. The number of nitro groups is 1. The molecule has 3 aromatic rings. The van der Waals surface area contributed by atoms with Gasteiger partial charge in [0.1, 0.15) is 10.5 Å². The molecule has 4 N–H and O–H groups in total. The normalized spacial score (nSPS) is 15.9. The van der Waals surface area contributed by atoms with Gasteiger partial charge in [0.25, 0.3) is 11.2 Å². The van der Waals surface area contributed by atoms with Crippen LogP contribution in [-0.4, -0.2) is 76.8 Å². The standard InChI is InChI=1S/C23H23N7O9S/c31-21-16(22(32)26-23(33)25-21)11-24-27-17-3-2-15(30(34)35)10-20(17)40(36,37)29-7-5-28(6-8-29)12-14-1-4-18-19(9-14)39-13-38-18/h1-4,9-11,27H,5-8,12-13H2,(H3,25,26,31,32,33). The lowest BCUT2D eigenvalue weighted by Crippen LogP contribution is -2.48. The fourth-order valence-corrected chi connectivity index (χ4v) is 5.85. The Balaban J connectivity index is 1.33. The molecule has 5 rings (SSSR count). The Hall–Kier alpha value is -4.74. The zero-order chi connectivity index (χ0) is 28.4. The molecular weight excluding hydrogens is 550 g/mol. The van der Waals surface area contributed by atoms with Crippen molar-refractivity contribution in [2.24, 2.45) is 5.10 Å². The number of nitrogens with zero attached hydrogens (tertiary/aromatic N) is 4. The second-order valence-corrected chi connectivity index (χ2v) is 10.8. The van der Waals surface area contributed by atoms with Crippen LogP contribution in [0.3, 0.4) is 0 Å². The van der Waals surface area contributed by atoms with E-state index in [9.17, 15) is 33.2 Å². The van der Waals surface area contributed by atoms with Crippen LogP contribution in [0.4, 0.5) is 11.4 Å². The van der Waals surface area contributed by atoms with Gasteiger partial charge in [-0.2, -0.15) is 9.41 Å². The van der Waals surface area contributed by atoms with Gasteiger partial charge in [-0.15, -0.1) is 0 Å². The van der Waals surface area contributed by atoms with Crippen molar-refractivity contribution in [2.75, 3.05) is 38.4 Å². The minimum Gasteiger partial charge on any atom is -0.494 e. The number of hydrazone groups is 1. The first-order valence-corrected chi connectivity index (χ1v) is 13.3. The van der Waals surface area contributed by atoms with Gasteiger partial charge in [-0.05, 0) is 23.8 Å². The lowest BCUT2D eigenvalue weighted by Gasteiger charge is -2.34. The molecule has 0 unspecified atom stereocenters. The number of ether oxygens (including phenoxy) is 2. The first-order chi connectivity index (χ1) is 19.1. The number of fused-ring (bicyclic) bond motifs is 1. The highest BCUT2D eigenvalue weighted by Gasteiger charge is 2.32. The Morgan fingerprint density at radius 3 is 2.55 bits per heavy atom. The SMILES string of the molecule is O=c1[nH]c(O)c(C=NNc2ccc([N+](=O)[O-])cc2S(=O)(=O)N2CCN(Cc3ccc4c(c3)OCO4)CC2)c(=O)[nH]1. The summed E-state index contributed by atoms with van der Waals surface area (Å²) < 4.78 is 39.1. The number of nitrogens with one attached hydrogen (secondary N) is 3. The summed E-state index contributed by atoms with van der Waals surface area (Å²) in [6, 6.07) is 8.83. The van der Waals surface area contributed by atoms with Crippen LogP contribution in [0.15, 0.2) is 56.0 Å². The molecule has 1 saturated heterocycles. The van der Waals surface area contributed by atoms with Crippen molar-refractivity contribution in [3.05, 3.63) is 78.5 Å². The van der Waals surface area contributed by atoms with Crippen molar-refractivity contribution in [2.45, 2.75) is 11.4 Å². The van der Waals surface area contributed by atoms with E-state index in [0.29, 0.717) is 31.1 Å². The van der Waals surface area contributed by atoms with Crippen LogP contribution in [0.2, 0.25) is 0 Å². The third kappa shape index (κ3) is 5.51. The van der Waals surface area contributed by atoms with Crippen LogP contribution in [-0.2, 0) is 16.6 Å². The number of anilines is 1. The molecule has 3 heterocycles. The van der Waals surface area contributed by atoms with Gasteiger partial charge in [-0.25, -0.2) is 13.2 Å². The summed E-state index contributed by atoms with van der Waals surface area (Å²) in [6.45, 7) is 1.84. The molecule has 17 heteroatoms. The number of aromatic amines is 2. The quantitative estimate of drug-likeness (QED) is 0.164. The van der Waals surface area contributed by atoms with Gasteiger partial charge in [0, 0.05) is 44.9 Å². The first kappa shape index (κ1) is 26.9. The molecule has 0 radical (unpaired) electrons. The maximum absolute atomic E-state index is 13.6. The minimum absolute atomic E-state index is 0.0926. The summed E-state index contributed by atoms with van der Waals surface area (Å²) >= 11 is 0. The lowest BCUT2D eigenvalue weighted by molar-refractivity contribution is -0.385. The Labute approximate surface area is 225 Å². The predicted octanol–water partition coefficient (Wildman–Crippen LogP) is 0.358. The maximum atomic E-state index is 13.6. The summed E-state index contributed by atoms with van der Waals surface area (Å²) in [5.74, 6) is 0.592. The maximum Gasteiger partial charge on any atom is 0.328 e. The number of benzene rings is 2. The number of hydrogen-bond donors (Lipinski definition) is 4. The molecule has 0 spiro atoms. The lowest BCUT2D eigenvalue weighted by atomic mass is 10.2. The molecule has 0 aliphatic carbocycles.